The van der Waals surface area contributed by atoms with Crippen molar-refractivity contribution < 1.29 is 9.47 Å². The Balaban J connectivity index is 1.50. The molecule has 2 aliphatic heterocycles. The smallest absolute Gasteiger partial charge is 0.162 e. The van der Waals surface area contributed by atoms with Crippen LogP contribution in [0.25, 0.3) is 10.2 Å². The molecule has 0 bridgehead atoms. The molecule has 4 heterocycles. The highest BCUT2D eigenvalue weighted by Crippen LogP contribution is 2.41. The molecule has 1 aliphatic carbocycles. The van der Waals surface area contributed by atoms with Crippen molar-refractivity contribution in [1.29, 1.82) is 0 Å². The van der Waals surface area contributed by atoms with Crippen molar-refractivity contribution in [2.75, 3.05) is 31.2 Å². The number of thiophene rings is 1. The van der Waals surface area contributed by atoms with Crippen molar-refractivity contribution in [2.24, 2.45) is 5.92 Å². The van der Waals surface area contributed by atoms with Crippen LogP contribution in [-0.2, 0) is 22.3 Å². The maximum Gasteiger partial charge on any atom is 0.162 e. The number of ether oxygens (including phenoxy) is 2. The molecule has 1 unspecified atom stereocenters. The topological polar surface area (TPSA) is 47.5 Å². The second-order valence-corrected chi connectivity index (χ2v) is 7.78. The molecule has 2 aromatic heterocycles. The van der Waals surface area contributed by atoms with E-state index in [1.54, 1.807) is 6.33 Å². The van der Waals surface area contributed by atoms with E-state index in [0.29, 0.717) is 5.92 Å². The predicted octanol–water partition coefficient (Wildman–Crippen LogP) is 2.77. The average Bonchev–Trinajstić information content (AvgIpc) is 3.31. The largest absolute Gasteiger partial charge is 0.355 e. The lowest BCUT2D eigenvalue weighted by atomic mass is 9.97. The van der Waals surface area contributed by atoms with Gasteiger partial charge in [0.25, 0.3) is 0 Å². The third-order valence-electron chi connectivity index (χ3n) is 5.27. The summed E-state index contributed by atoms with van der Waals surface area (Å²) in [6.45, 7) is 3.51. The minimum Gasteiger partial charge on any atom is -0.355 e. The highest BCUT2D eigenvalue weighted by Gasteiger charge is 2.33. The number of aromatic nitrogens is 2. The molecule has 0 amide bonds. The zero-order valence-electron chi connectivity index (χ0n) is 13.2. The Morgan fingerprint density at radius 3 is 2.96 bits per heavy atom. The molecule has 0 aromatic carbocycles. The quantitative estimate of drug-likeness (QED) is 0.847. The molecule has 5 rings (SSSR count). The molecule has 5 nitrogen and oxygen atoms in total. The van der Waals surface area contributed by atoms with Crippen LogP contribution in [0.3, 0.4) is 0 Å². The van der Waals surface area contributed by atoms with E-state index in [9.17, 15) is 0 Å². The SMILES string of the molecule is c1nc(N2CCCC(C3OCCO3)C2)c2c3c(sc2n1)CCC3. The Morgan fingerprint density at radius 1 is 1.13 bits per heavy atom. The van der Waals surface area contributed by atoms with E-state index in [1.165, 1.54) is 47.9 Å². The fourth-order valence-corrected chi connectivity index (χ4v) is 5.45. The summed E-state index contributed by atoms with van der Waals surface area (Å²) in [6, 6.07) is 0. The van der Waals surface area contributed by atoms with Gasteiger partial charge in [0.2, 0.25) is 0 Å². The first-order valence-corrected chi connectivity index (χ1v) is 9.45. The molecule has 0 saturated carbocycles. The second-order valence-electron chi connectivity index (χ2n) is 6.69. The Morgan fingerprint density at radius 2 is 2.04 bits per heavy atom. The molecule has 0 N–H and O–H groups in total. The molecule has 1 atom stereocenters. The summed E-state index contributed by atoms with van der Waals surface area (Å²) in [4.78, 5) is 14.3. The van der Waals surface area contributed by atoms with Crippen LogP contribution >= 0.6 is 11.3 Å². The van der Waals surface area contributed by atoms with Gasteiger partial charge in [-0.2, -0.15) is 0 Å². The van der Waals surface area contributed by atoms with Crippen molar-refractivity contribution >= 4 is 27.4 Å². The number of hydrogen-bond acceptors (Lipinski definition) is 6. The fourth-order valence-electron chi connectivity index (χ4n) is 4.23. The number of anilines is 1. The maximum atomic E-state index is 5.74. The van der Waals surface area contributed by atoms with Gasteiger partial charge in [-0.15, -0.1) is 11.3 Å². The highest BCUT2D eigenvalue weighted by molar-refractivity contribution is 7.19. The first-order chi connectivity index (χ1) is 11.4. The molecule has 0 radical (unpaired) electrons. The third kappa shape index (κ3) is 2.35. The Bertz CT molecular complexity index is 726. The summed E-state index contributed by atoms with van der Waals surface area (Å²) in [7, 11) is 0. The lowest BCUT2D eigenvalue weighted by Crippen LogP contribution is -2.41. The van der Waals surface area contributed by atoms with Gasteiger partial charge < -0.3 is 14.4 Å². The van der Waals surface area contributed by atoms with E-state index in [1.807, 2.05) is 11.3 Å². The second kappa shape index (κ2) is 5.69. The van der Waals surface area contributed by atoms with Gasteiger partial charge in [-0.25, -0.2) is 9.97 Å². The fraction of sp³-hybridized carbons (Fsp3) is 0.647. The van der Waals surface area contributed by atoms with Gasteiger partial charge in [0.05, 0.1) is 18.6 Å². The van der Waals surface area contributed by atoms with Gasteiger partial charge in [0, 0.05) is 23.9 Å². The summed E-state index contributed by atoms with van der Waals surface area (Å²) < 4.78 is 11.5. The Hall–Kier alpha value is -1.24. The average molecular weight is 331 g/mol. The van der Waals surface area contributed by atoms with E-state index in [2.05, 4.69) is 14.9 Å². The summed E-state index contributed by atoms with van der Waals surface area (Å²) in [5, 5.41) is 1.32. The van der Waals surface area contributed by atoms with Crippen LogP contribution < -0.4 is 4.90 Å². The van der Waals surface area contributed by atoms with Crippen LogP contribution in [0.5, 0.6) is 0 Å². The van der Waals surface area contributed by atoms with E-state index in [4.69, 9.17) is 9.47 Å². The third-order valence-corrected chi connectivity index (χ3v) is 6.47. The zero-order valence-corrected chi connectivity index (χ0v) is 14.0. The minimum atomic E-state index is -0.0247. The van der Waals surface area contributed by atoms with E-state index in [-0.39, 0.29) is 6.29 Å². The summed E-state index contributed by atoms with van der Waals surface area (Å²) >= 11 is 1.86. The van der Waals surface area contributed by atoms with Gasteiger partial charge >= 0.3 is 0 Å². The Labute approximate surface area is 139 Å². The van der Waals surface area contributed by atoms with E-state index in [0.717, 1.165) is 37.0 Å². The van der Waals surface area contributed by atoms with Gasteiger partial charge in [-0.1, -0.05) is 0 Å². The van der Waals surface area contributed by atoms with Crippen LogP contribution in [-0.4, -0.2) is 42.6 Å². The monoisotopic (exact) mass is 331 g/mol. The van der Waals surface area contributed by atoms with E-state index < -0.39 is 0 Å². The molecular weight excluding hydrogens is 310 g/mol. The molecule has 23 heavy (non-hydrogen) atoms. The van der Waals surface area contributed by atoms with Gasteiger partial charge in [-0.3, -0.25) is 0 Å². The van der Waals surface area contributed by atoms with Crippen LogP contribution in [0.4, 0.5) is 5.82 Å². The minimum absolute atomic E-state index is 0.0247. The highest BCUT2D eigenvalue weighted by atomic mass is 32.1. The van der Waals surface area contributed by atoms with Crippen LogP contribution in [0.15, 0.2) is 6.33 Å². The van der Waals surface area contributed by atoms with Crippen LogP contribution in [0.2, 0.25) is 0 Å². The van der Waals surface area contributed by atoms with E-state index >= 15 is 0 Å². The van der Waals surface area contributed by atoms with Gasteiger partial charge in [0.15, 0.2) is 6.29 Å². The first-order valence-electron chi connectivity index (χ1n) is 8.63. The lowest BCUT2D eigenvalue weighted by molar-refractivity contribution is -0.0858. The van der Waals surface area contributed by atoms with Crippen LogP contribution in [0.1, 0.15) is 29.7 Å². The van der Waals surface area contributed by atoms with Crippen molar-refractivity contribution in [1.82, 2.24) is 9.97 Å². The summed E-state index contributed by atoms with van der Waals surface area (Å²) in [5.74, 6) is 1.58. The number of fused-ring (bicyclic) bond motifs is 3. The zero-order chi connectivity index (χ0) is 15.2. The van der Waals surface area contributed by atoms with Gasteiger partial charge in [0.1, 0.15) is 17.0 Å². The summed E-state index contributed by atoms with van der Waals surface area (Å²) in [5.41, 5.74) is 1.51. The van der Waals surface area contributed by atoms with Gasteiger partial charge in [-0.05, 0) is 37.7 Å². The maximum absolute atomic E-state index is 5.74. The molecule has 6 heteroatoms. The molecule has 122 valence electrons. The molecule has 2 saturated heterocycles. The number of rotatable bonds is 2. The molecule has 3 aliphatic rings. The summed E-state index contributed by atoms with van der Waals surface area (Å²) in [6.07, 6.45) is 7.73. The lowest BCUT2D eigenvalue weighted by Gasteiger charge is -2.35. The Kier molecular flexibility index (Phi) is 3.49. The first kappa shape index (κ1) is 14.1. The van der Waals surface area contributed by atoms with Crippen molar-refractivity contribution in [3.8, 4) is 0 Å². The molecule has 2 fully saturated rings. The number of aryl methyl sites for hydroxylation is 2. The molecular formula is C17H21N3O2S. The molecule has 0 spiro atoms. The van der Waals surface area contributed by atoms with Crippen molar-refractivity contribution in [3.05, 3.63) is 16.8 Å². The molecule has 2 aromatic rings. The normalized spacial score (nSPS) is 25.4. The van der Waals surface area contributed by atoms with Crippen molar-refractivity contribution in [3.63, 3.8) is 0 Å². The standard InChI is InChI=1S/C17H21N3O2S/c1-4-12-13(5-1)23-16-14(12)15(18-10-19-16)20-6-2-3-11(9-20)17-21-7-8-22-17/h10-11,17H,1-9H2. The number of nitrogens with zero attached hydrogens (tertiary/aromatic N) is 3. The number of hydrogen-bond donors (Lipinski definition) is 0. The van der Waals surface area contributed by atoms with Crippen LogP contribution in [0, 0.1) is 5.92 Å². The number of piperidine rings is 1. The van der Waals surface area contributed by atoms with Crippen molar-refractivity contribution in [2.45, 2.75) is 38.4 Å². The predicted molar refractivity (Wildman–Crippen MR) is 90.1 cm³/mol.